The highest BCUT2D eigenvalue weighted by molar-refractivity contribution is 7.52. The lowest BCUT2D eigenvalue weighted by molar-refractivity contribution is -0.135. The summed E-state index contributed by atoms with van der Waals surface area (Å²) in [5.74, 6) is -3.23. The first-order valence-corrected chi connectivity index (χ1v) is 4.73. The van der Waals surface area contributed by atoms with Crippen molar-refractivity contribution in [2.75, 3.05) is 6.16 Å². The van der Waals surface area contributed by atoms with Crippen molar-refractivity contribution in [1.29, 1.82) is 0 Å². The maximum atomic E-state index is 10.3. The van der Waals surface area contributed by atoms with Crippen LogP contribution < -0.4 is 0 Å². The number of rotatable bonds is 4. The van der Waals surface area contributed by atoms with Crippen LogP contribution in [-0.2, 0) is 14.2 Å². The Balaban J connectivity index is 4.75. The fourth-order valence-electron chi connectivity index (χ4n) is 0.546. The van der Waals surface area contributed by atoms with E-state index in [1.807, 2.05) is 0 Å². The molecule has 0 aromatic rings. The minimum absolute atomic E-state index is 0.251. The van der Waals surface area contributed by atoms with Crippen LogP contribution in [0.5, 0.6) is 0 Å². The molecule has 7 nitrogen and oxygen atoms in total. The Bertz CT molecular complexity index is 298. The molecule has 0 amide bonds. The van der Waals surface area contributed by atoms with E-state index in [9.17, 15) is 14.2 Å². The van der Waals surface area contributed by atoms with Gasteiger partial charge in [0.1, 0.15) is 0 Å². The zero-order chi connectivity index (χ0) is 10.6. The number of hydrogen-bond acceptors (Lipinski definition) is 3. The van der Waals surface area contributed by atoms with Crippen molar-refractivity contribution in [1.82, 2.24) is 0 Å². The van der Waals surface area contributed by atoms with E-state index in [0.29, 0.717) is 0 Å². The Kier molecular flexibility index (Phi) is 3.80. The summed E-state index contributed by atoms with van der Waals surface area (Å²) >= 11 is 0. The zero-order valence-corrected chi connectivity index (χ0v) is 7.14. The normalized spacial score (nSPS) is 12.6. The Labute approximate surface area is 72.5 Å². The summed E-state index contributed by atoms with van der Waals surface area (Å²) < 4.78 is 10.3. The van der Waals surface area contributed by atoms with Crippen LogP contribution in [0.2, 0.25) is 0 Å². The molecule has 0 aromatic heterocycles. The predicted molar refractivity (Wildman–Crippen MR) is 40.3 cm³/mol. The van der Waals surface area contributed by atoms with Crippen molar-refractivity contribution in [3.63, 3.8) is 0 Å². The van der Waals surface area contributed by atoms with Crippen LogP contribution in [0.25, 0.3) is 0 Å². The lowest BCUT2D eigenvalue weighted by Gasteiger charge is -2.02. The largest absolute Gasteiger partial charge is 0.478 e. The minimum Gasteiger partial charge on any atom is -0.478 e. The first-order valence-electron chi connectivity index (χ1n) is 2.94. The molecule has 0 unspecified atom stereocenters. The molecule has 0 atom stereocenters. The fourth-order valence-corrected chi connectivity index (χ4v) is 1.22. The van der Waals surface area contributed by atoms with Crippen LogP contribution in [-0.4, -0.2) is 38.1 Å². The van der Waals surface area contributed by atoms with Gasteiger partial charge in [-0.05, 0) is 0 Å². The summed E-state index contributed by atoms with van der Waals surface area (Å²) in [7, 11) is -4.54. The molecule has 0 saturated carbocycles. The van der Waals surface area contributed by atoms with Gasteiger partial charge in [-0.15, -0.1) is 0 Å². The fraction of sp³-hybridized carbons (Fsp3) is 0.200. The second-order valence-electron chi connectivity index (χ2n) is 2.14. The monoisotopic (exact) mass is 210 g/mol. The van der Waals surface area contributed by atoms with Crippen molar-refractivity contribution < 1.29 is 34.2 Å². The molecule has 0 bridgehead atoms. The summed E-state index contributed by atoms with van der Waals surface area (Å²) in [4.78, 5) is 37.0. The molecule has 13 heavy (non-hydrogen) atoms. The third-order valence-corrected chi connectivity index (χ3v) is 1.70. The van der Waals surface area contributed by atoms with Gasteiger partial charge in [0.2, 0.25) is 0 Å². The van der Waals surface area contributed by atoms with E-state index in [1.165, 1.54) is 0 Å². The molecule has 0 heterocycles. The second-order valence-corrected chi connectivity index (χ2v) is 3.78. The van der Waals surface area contributed by atoms with Crippen LogP contribution in [0.4, 0.5) is 0 Å². The van der Waals surface area contributed by atoms with E-state index >= 15 is 0 Å². The minimum atomic E-state index is -4.54. The maximum Gasteiger partial charge on any atom is 0.332 e. The smallest absolute Gasteiger partial charge is 0.332 e. The van der Waals surface area contributed by atoms with Gasteiger partial charge in [-0.2, -0.15) is 0 Å². The molecule has 0 fully saturated rings. The van der Waals surface area contributed by atoms with Gasteiger partial charge in [0.05, 0.1) is 11.7 Å². The van der Waals surface area contributed by atoms with Gasteiger partial charge in [0.25, 0.3) is 0 Å². The first kappa shape index (κ1) is 11.8. The molecule has 0 saturated heterocycles. The van der Waals surface area contributed by atoms with Crippen molar-refractivity contribution in [3.05, 3.63) is 11.6 Å². The topological polar surface area (TPSA) is 132 Å². The Hall–Kier alpha value is -1.17. The molecule has 0 aliphatic heterocycles. The van der Waals surface area contributed by atoms with E-state index in [1.54, 1.807) is 0 Å². The molecule has 0 spiro atoms. The first-order chi connectivity index (χ1) is 5.72. The molecule has 0 aromatic carbocycles. The third kappa shape index (κ3) is 6.03. The number of carboxylic acids is 2. The van der Waals surface area contributed by atoms with Crippen molar-refractivity contribution in [2.45, 2.75) is 0 Å². The highest BCUT2D eigenvalue weighted by Crippen LogP contribution is 2.36. The molecule has 0 rings (SSSR count). The number of aliphatic carboxylic acids is 2. The van der Waals surface area contributed by atoms with Crippen molar-refractivity contribution in [2.24, 2.45) is 0 Å². The predicted octanol–water partition coefficient (Wildman–Crippen LogP) is -0.740. The van der Waals surface area contributed by atoms with Crippen LogP contribution in [0, 0.1) is 0 Å². The van der Waals surface area contributed by atoms with Crippen LogP contribution in [0.3, 0.4) is 0 Å². The van der Waals surface area contributed by atoms with Gasteiger partial charge < -0.3 is 20.0 Å². The summed E-state index contributed by atoms with van der Waals surface area (Å²) in [6.45, 7) is 0. The summed E-state index contributed by atoms with van der Waals surface area (Å²) in [5, 5.41) is 16.4. The average Bonchev–Trinajstić information content (AvgIpc) is 1.81. The Morgan fingerprint density at radius 2 is 1.69 bits per heavy atom. The van der Waals surface area contributed by atoms with E-state index in [-0.39, 0.29) is 6.08 Å². The van der Waals surface area contributed by atoms with Gasteiger partial charge in [-0.3, -0.25) is 4.57 Å². The molecular formula is C5H7O7P. The second kappa shape index (κ2) is 4.18. The van der Waals surface area contributed by atoms with Crippen LogP contribution in [0.1, 0.15) is 0 Å². The van der Waals surface area contributed by atoms with Gasteiger partial charge in [-0.25, -0.2) is 9.59 Å². The van der Waals surface area contributed by atoms with Gasteiger partial charge in [0.15, 0.2) is 0 Å². The van der Waals surface area contributed by atoms with Crippen LogP contribution in [0.15, 0.2) is 11.6 Å². The number of carboxylic acid groups (broad SMARTS) is 2. The highest BCUT2D eigenvalue weighted by Gasteiger charge is 2.21. The number of carbonyl (C=O) groups is 2. The number of hydrogen-bond donors (Lipinski definition) is 4. The zero-order valence-electron chi connectivity index (χ0n) is 6.25. The van der Waals surface area contributed by atoms with Gasteiger partial charge in [-0.1, -0.05) is 0 Å². The summed E-state index contributed by atoms with van der Waals surface area (Å²) in [6, 6.07) is 0. The van der Waals surface area contributed by atoms with E-state index in [0.717, 1.165) is 0 Å². The van der Waals surface area contributed by atoms with E-state index in [2.05, 4.69) is 0 Å². The standard InChI is InChI=1S/C5H7O7P/c6-4(7)1-3(5(8)9)2-13(10,11)12/h1H,2H2,(H,6,7)(H,8,9)(H2,10,11,12)/b3-1-. The van der Waals surface area contributed by atoms with Crippen molar-refractivity contribution >= 4 is 19.5 Å². The summed E-state index contributed by atoms with van der Waals surface area (Å²) in [6.07, 6.45) is -0.837. The van der Waals surface area contributed by atoms with Crippen molar-refractivity contribution in [3.8, 4) is 0 Å². The SMILES string of the molecule is O=C(O)/C=C(/CP(=O)(O)O)C(=O)O. The summed E-state index contributed by atoms with van der Waals surface area (Å²) in [5.41, 5.74) is -0.833. The van der Waals surface area contributed by atoms with Gasteiger partial charge in [0, 0.05) is 6.08 Å². The molecule has 8 heteroatoms. The molecule has 0 radical (unpaired) electrons. The Morgan fingerprint density at radius 1 is 1.23 bits per heavy atom. The maximum absolute atomic E-state index is 10.3. The molecule has 0 aliphatic rings. The molecule has 4 N–H and O–H groups in total. The quantitative estimate of drug-likeness (QED) is 0.354. The lowest BCUT2D eigenvalue weighted by atomic mass is 10.3. The molecule has 0 aliphatic carbocycles. The Morgan fingerprint density at radius 3 is 1.92 bits per heavy atom. The third-order valence-electron chi connectivity index (χ3n) is 0.949. The average molecular weight is 210 g/mol. The highest BCUT2D eigenvalue weighted by atomic mass is 31.2. The molecular weight excluding hydrogens is 203 g/mol. The van der Waals surface area contributed by atoms with E-state index in [4.69, 9.17) is 20.0 Å². The van der Waals surface area contributed by atoms with E-state index < -0.39 is 31.3 Å². The van der Waals surface area contributed by atoms with Crippen LogP contribution >= 0.6 is 7.60 Å². The van der Waals surface area contributed by atoms with Gasteiger partial charge >= 0.3 is 19.5 Å². The lowest BCUT2D eigenvalue weighted by Crippen LogP contribution is -2.08. The molecule has 74 valence electrons.